The molecule has 1 amide bonds. The highest BCUT2D eigenvalue weighted by molar-refractivity contribution is 5.95. The van der Waals surface area contributed by atoms with Crippen molar-refractivity contribution in [3.8, 4) is 5.75 Å². The third kappa shape index (κ3) is 3.46. The number of hydrogen-bond acceptors (Lipinski definition) is 3. The van der Waals surface area contributed by atoms with Crippen molar-refractivity contribution in [1.82, 2.24) is 0 Å². The summed E-state index contributed by atoms with van der Waals surface area (Å²) in [7, 11) is 0. The van der Waals surface area contributed by atoms with Gasteiger partial charge in [0.25, 0.3) is 5.91 Å². The zero-order chi connectivity index (χ0) is 16.3. The summed E-state index contributed by atoms with van der Waals surface area (Å²) in [5, 5.41) is 22.8. The van der Waals surface area contributed by atoms with Crippen molar-refractivity contribution in [2.75, 3.05) is 5.32 Å². The minimum absolute atomic E-state index is 0.135. The number of phenols is 1. The van der Waals surface area contributed by atoms with E-state index in [-0.39, 0.29) is 11.7 Å². The van der Waals surface area contributed by atoms with E-state index in [0.29, 0.717) is 11.3 Å². The molecule has 0 saturated heterocycles. The van der Waals surface area contributed by atoms with Gasteiger partial charge in [-0.25, -0.2) is 0 Å². The molecule has 4 heteroatoms. The molecule has 116 valence electrons. The van der Waals surface area contributed by atoms with E-state index >= 15 is 0 Å². The van der Waals surface area contributed by atoms with Crippen LogP contribution in [0.15, 0.2) is 42.5 Å². The zero-order valence-corrected chi connectivity index (χ0v) is 13.0. The van der Waals surface area contributed by atoms with E-state index in [4.69, 9.17) is 0 Å². The van der Waals surface area contributed by atoms with Crippen molar-refractivity contribution in [2.45, 2.75) is 32.8 Å². The van der Waals surface area contributed by atoms with Crippen LogP contribution in [0.1, 0.15) is 42.6 Å². The van der Waals surface area contributed by atoms with Crippen LogP contribution in [-0.2, 0) is 4.79 Å². The van der Waals surface area contributed by atoms with Crippen LogP contribution in [-0.4, -0.2) is 16.1 Å². The molecule has 0 aliphatic rings. The Bertz CT molecular complexity index is 666. The minimum atomic E-state index is -1.23. The maximum absolute atomic E-state index is 12.2. The Morgan fingerprint density at radius 3 is 2.36 bits per heavy atom. The number of aryl methyl sites for hydroxylation is 1. The Balaban J connectivity index is 2.23. The van der Waals surface area contributed by atoms with Crippen LogP contribution in [0.2, 0.25) is 0 Å². The normalized spacial score (nSPS) is 12.2. The molecular weight excluding hydrogens is 278 g/mol. The highest BCUT2D eigenvalue weighted by atomic mass is 16.3. The van der Waals surface area contributed by atoms with Crippen LogP contribution in [0, 0.1) is 6.92 Å². The smallest absolute Gasteiger partial charge is 0.257 e. The number of benzene rings is 2. The quantitative estimate of drug-likeness (QED) is 0.757. The Morgan fingerprint density at radius 2 is 1.77 bits per heavy atom. The first-order valence-corrected chi connectivity index (χ1v) is 7.27. The van der Waals surface area contributed by atoms with E-state index in [2.05, 4.69) is 5.32 Å². The molecule has 2 rings (SSSR count). The largest absolute Gasteiger partial charge is 0.508 e. The van der Waals surface area contributed by atoms with Gasteiger partial charge in [-0.2, -0.15) is 0 Å². The number of aromatic hydroxyl groups is 1. The van der Waals surface area contributed by atoms with Crippen LogP contribution in [0.25, 0.3) is 0 Å². The van der Waals surface area contributed by atoms with Gasteiger partial charge in [-0.05, 0) is 41.7 Å². The van der Waals surface area contributed by atoms with Crippen molar-refractivity contribution in [3.05, 3.63) is 59.2 Å². The summed E-state index contributed by atoms with van der Waals surface area (Å²) in [4.78, 5) is 12.2. The number of amides is 1. The van der Waals surface area contributed by atoms with Crippen molar-refractivity contribution in [3.63, 3.8) is 0 Å². The molecular formula is C18H21NO3. The van der Waals surface area contributed by atoms with Gasteiger partial charge in [0.1, 0.15) is 5.75 Å². The summed E-state index contributed by atoms with van der Waals surface area (Å²) in [6, 6.07) is 12.2. The number of anilines is 1. The Hall–Kier alpha value is -2.33. The highest BCUT2D eigenvalue weighted by Gasteiger charge is 2.19. The molecule has 2 aromatic carbocycles. The van der Waals surface area contributed by atoms with Gasteiger partial charge in [-0.15, -0.1) is 0 Å². The summed E-state index contributed by atoms with van der Waals surface area (Å²) >= 11 is 0. The van der Waals surface area contributed by atoms with Crippen molar-refractivity contribution < 1.29 is 15.0 Å². The predicted octanol–water partition coefficient (Wildman–Crippen LogP) is 3.50. The predicted molar refractivity (Wildman–Crippen MR) is 87.0 cm³/mol. The molecule has 0 unspecified atom stereocenters. The minimum Gasteiger partial charge on any atom is -0.508 e. The van der Waals surface area contributed by atoms with Crippen molar-refractivity contribution in [1.29, 1.82) is 0 Å². The SMILES string of the molecule is Cc1cc(O)c(C(C)C)cc1NC(=O)[C@@H](O)c1ccccc1. The molecule has 1 atom stereocenters. The summed E-state index contributed by atoms with van der Waals surface area (Å²) in [6.07, 6.45) is -1.23. The van der Waals surface area contributed by atoms with Gasteiger partial charge in [0.05, 0.1) is 0 Å². The fraction of sp³-hybridized carbons (Fsp3) is 0.278. The van der Waals surface area contributed by atoms with Crippen LogP contribution >= 0.6 is 0 Å². The average molecular weight is 299 g/mol. The van der Waals surface area contributed by atoms with Gasteiger partial charge in [0.15, 0.2) is 6.10 Å². The van der Waals surface area contributed by atoms with Crippen molar-refractivity contribution in [2.24, 2.45) is 0 Å². The molecule has 0 aromatic heterocycles. The molecule has 0 saturated carbocycles. The first-order chi connectivity index (χ1) is 10.4. The van der Waals surface area contributed by atoms with Gasteiger partial charge >= 0.3 is 0 Å². The monoisotopic (exact) mass is 299 g/mol. The van der Waals surface area contributed by atoms with Crippen molar-refractivity contribution >= 4 is 11.6 Å². The first-order valence-electron chi connectivity index (χ1n) is 7.27. The van der Waals surface area contributed by atoms with E-state index in [1.807, 2.05) is 19.9 Å². The van der Waals surface area contributed by atoms with E-state index in [0.717, 1.165) is 11.1 Å². The summed E-state index contributed by atoms with van der Waals surface area (Å²) in [5.41, 5.74) is 2.65. The van der Waals surface area contributed by atoms with Gasteiger partial charge in [-0.3, -0.25) is 4.79 Å². The van der Waals surface area contributed by atoms with Crippen LogP contribution < -0.4 is 5.32 Å². The number of rotatable bonds is 4. The molecule has 4 nitrogen and oxygen atoms in total. The topological polar surface area (TPSA) is 69.6 Å². The van der Waals surface area contributed by atoms with Gasteiger partial charge in [0.2, 0.25) is 0 Å². The van der Waals surface area contributed by atoms with E-state index < -0.39 is 12.0 Å². The van der Waals surface area contributed by atoms with E-state index in [1.165, 1.54) is 0 Å². The van der Waals surface area contributed by atoms with Gasteiger partial charge < -0.3 is 15.5 Å². The second-order valence-electron chi connectivity index (χ2n) is 5.68. The van der Waals surface area contributed by atoms with E-state index in [1.54, 1.807) is 43.3 Å². The highest BCUT2D eigenvalue weighted by Crippen LogP contribution is 2.31. The Kier molecular flexibility index (Phi) is 4.83. The Morgan fingerprint density at radius 1 is 1.14 bits per heavy atom. The molecule has 0 aliphatic heterocycles. The lowest BCUT2D eigenvalue weighted by molar-refractivity contribution is -0.124. The van der Waals surface area contributed by atoms with Crippen LogP contribution in [0.3, 0.4) is 0 Å². The third-order valence-corrected chi connectivity index (χ3v) is 3.62. The lowest BCUT2D eigenvalue weighted by Crippen LogP contribution is -2.21. The third-order valence-electron chi connectivity index (χ3n) is 3.62. The molecule has 0 aliphatic carbocycles. The number of nitrogens with one attached hydrogen (secondary N) is 1. The van der Waals surface area contributed by atoms with Gasteiger partial charge in [0, 0.05) is 5.69 Å². The number of carbonyl (C=O) groups excluding carboxylic acids is 1. The molecule has 0 radical (unpaired) electrons. The molecule has 0 heterocycles. The summed E-state index contributed by atoms with van der Waals surface area (Å²) in [5.74, 6) is -0.140. The maximum Gasteiger partial charge on any atom is 0.257 e. The zero-order valence-electron chi connectivity index (χ0n) is 13.0. The molecule has 0 spiro atoms. The standard InChI is InChI=1S/C18H21NO3/c1-11(2)14-10-15(12(3)9-16(14)20)19-18(22)17(21)13-7-5-4-6-8-13/h4-11,17,20-21H,1-3H3,(H,19,22)/t17-/m0/s1. The average Bonchev–Trinajstić information content (AvgIpc) is 2.49. The summed E-state index contributed by atoms with van der Waals surface area (Å²) in [6.45, 7) is 5.73. The molecule has 2 aromatic rings. The molecule has 3 N–H and O–H groups in total. The molecule has 0 bridgehead atoms. The van der Waals surface area contributed by atoms with Crippen LogP contribution in [0.5, 0.6) is 5.75 Å². The second kappa shape index (κ2) is 6.62. The lowest BCUT2D eigenvalue weighted by Gasteiger charge is -2.16. The molecule has 22 heavy (non-hydrogen) atoms. The van der Waals surface area contributed by atoms with Crippen LogP contribution in [0.4, 0.5) is 5.69 Å². The van der Waals surface area contributed by atoms with Gasteiger partial charge in [-0.1, -0.05) is 44.2 Å². The molecule has 0 fully saturated rings. The number of hydrogen-bond donors (Lipinski definition) is 3. The number of phenolic OH excluding ortho intramolecular Hbond substituents is 1. The number of aliphatic hydroxyl groups excluding tert-OH is 1. The first kappa shape index (κ1) is 16.0. The fourth-order valence-corrected chi connectivity index (χ4v) is 2.29. The van der Waals surface area contributed by atoms with E-state index in [9.17, 15) is 15.0 Å². The maximum atomic E-state index is 12.2. The fourth-order valence-electron chi connectivity index (χ4n) is 2.29. The number of carbonyl (C=O) groups is 1. The Labute approximate surface area is 130 Å². The number of aliphatic hydroxyl groups is 1. The second-order valence-corrected chi connectivity index (χ2v) is 5.68. The summed E-state index contributed by atoms with van der Waals surface area (Å²) < 4.78 is 0. The lowest BCUT2D eigenvalue weighted by atomic mass is 9.99.